The van der Waals surface area contributed by atoms with Gasteiger partial charge in [-0.15, -0.1) is 0 Å². The molecule has 5 saturated heterocycles. The minimum absolute atomic E-state index is 0.141. The summed E-state index contributed by atoms with van der Waals surface area (Å²) in [5.41, 5.74) is 13.4. The third-order valence-corrected chi connectivity index (χ3v) is 19.6. The number of pyridine rings is 3. The van der Waals surface area contributed by atoms with Gasteiger partial charge in [-0.1, -0.05) is 71.8 Å². The van der Waals surface area contributed by atoms with Crippen LogP contribution >= 0.6 is 11.6 Å². The molecule has 5 aliphatic rings. The average Bonchev–Trinajstić information content (AvgIpc) is 0.791. The minimum Gasteiger partial charge on any atom is -0.477 e. The van der Waals surface area contributed by atoms with Crippen molar-refractivity contribution in [1.29, 1.82) is 0 Å². The van der Waals surface area contributed by atoms with E-state index in [0.717, 1.165) is 208 Å². The Morgan fingerprint density at radius 2 is 0.792 bits per heavy atom. The van der Waals surface area contributed by atoms with Gasteiger partial charge >= 0.3 is 5.97 Å². The first-order valence-electron chi connectivity index (χ1n) is 36.6. The molecule has 0 unspecified atom stereocenters. The fourth-order valence-corrected chi connectivity index (χ4v) is 13.6. The topological polar surface area (TPSA) is 210 Å². The largest absolute Gasteiger partial charge is 0.477 e. The van der Waals surface area contributed by atoms with Gasteiger partial charge in [-0.3, -0.25) is 43.7 Å². The van der Waals surface area contributed by atoms with Gasteiger partial charge in [0.1, 0.15) is 11.1 Å². The molecule has 3 N–H and O–H groups in total. The lowest BCUT2D eigenvalue weighted by atomic mass is 10.1. The van der Waals surface area contributed by atoms with Crippen LogP contribution in [0, 0.1) is 6.92 Å². The van der Waals surface area contributed by atoms with E-state index in [2.05, 4.69) is 122 Å². The average molecular weight is 1470 g/mol. The Balaban J connectivity index is 0.000000144. The molecule has 0 spiro atoms. The van der Waals surface area contributed by atoms with Gasteiger partial charge in [0, 0.05) is 203 Å². The Morgan fingerprint density at radius 1 is 0.462 bits per heavy atom. The van der Waals surface area contributed by atoms with Crippen LogP contribution in [0.3, 0.4) is 0 Å². The lowest BCUT2D eigenvalue weighted by Gasteiger charge is -2.26. The van der Waals surface area contributed by atoms with Gasteiger partial charge < -0.3 is 58.0 Å². The fourth-order valence-electron chi connectivity index (χ4n) is 13.4. The first-order valence-corrected chi connectivity index (χ1v) is 37.0. The lowest BCUT2D eigenvalue weighted by Crippen LogP contribution is -2.35. The normalized spacial score (nSPS) is 16.0. The van der Waals surface area contributed by atoms with Gasteiger partial charge in [0.05, 0.1) is 82.6 Å². The Hall–Kier alpha value is -8.88. The predicted molar refractivity (Wildman–Crippen MR) is 423 cm³/mol. The number of hydrogen-bond acceptors (Lipinski definition) is 17. The van der Waals surface area contributed by atoms with Gasteiger partial charge in [0.25, 0.3) is 5.91 Å². The van der Waals surface area contributed by atoms with E-state index in [-0.39, 0.29) is 27.9 Å². The number of hydrogen-bond donors (Lipinski definition) is 3. The first kappa shape index (κ1) is 79.7. The van der Waals surface area contributed by atoms with Gasteiger partial charge in [-0.25, -0.2) is 4.79 Å². The zero-order valence-corrected chi connectivity index (χ0v) is 63.5. The number of allylic oxidation sites excluding steroid dienone is 1. The molecule has 8 heterocycles. The molecular formula is C83H104ClN11O11. The number of carboxylic acids is 1. The third kappa shape index (κ3) is 23.1. The summed E-state index contributed by atoms with van der Waals surface area (Å²) in [6.07, 6.45) is 7.02. The highest BCUT2D eigenvalue weighted by atomic mass is 35.5. The standard InChI is InChI=1S/C23H24ClN3O3.C16H18N2O4.C16H20N2O2.C16H24N2O.C12H18N2O/c1-26-15-20(23(29)25-13-16-2-5-18(24)6-3-16)22(28)19-12-17(4-7-21(19)26)14-27-8-10-30-11-9-27;1-17-10-13(16(20)21)15(19)12-8-11(2-3-14(12)17)9-18-4-6-22-7-5-18;1-12-10-17(2)15-4-3-13(9-14(15)16(12)19)11-18-5-7-20-8-6-18;1-14(2)12-17(3)16-6-4-15(5-7-16)13-18-8-10-19-11-9-18;1-13-12-4-2-11(3-5-12)10-14-6-8-15-9-7-14/h2-7,12,15H,8-11,13-14H2,1H3,(H,25,29);2-3,8,10H,4-7,9H2,1H3,(H,20,21);3-4,9-10H,5-8,11H2,1-2H3;4-7,12H,8-11,13H2,1-3H3;2-5,13H,6-10H2,1H3. The zero-order chi connectivity index (χ0) is 75.1. The van der Waals surface area contributed by atoms with Crippen molar-refractivity contribution < 1.29 is 38.4 Å². The molecule has 5 fully saturated rings. The quantitative estimate of drug-likeness (QED) is 0.0774. The number of halogens is 1. The number of aromatic carboxylic acids is 1. The monoisotopic (exact) mass is 1470 g/mol. The number of ether oxygens (including phenoxy) is 5. The lowest BCUT2D eigenvalue weighted by molar-refractivity contribution is 0.0341. The Morgan fingerprint density at radius 3 is 1.17 bits per heavy atom. The van der Waals surface area contributed by atoms with Crippen LogP contribution in [0.25, 0.3) is 32.7 Å². The van der Waals surface area contributed by atoms with Crippen molar-refractivity contribution in [3.8, 4) is 0 Å². The number of benzene rings is 6. The summed E-state index contributed by atoms with van der Waals surface area (Å²) in [6, 6.07) is 42.4. The first-order chi connectivity index (χ1) is 51.2. The van der Waals surface area contributed by atoms with E-state index in [4.69, 9.17) is 40.4 Å². The maximum Gasteiger partial charge on any atom is 0.341 e. The summed E-state index contributed by atoms with van der Waals surface area (Å²) < 4.78 is 32.3. The van der Waals surface area contributed by atoms with Crippen molar-refractivity contribution in [3.05, 3.63) is 244 Å². The van der Waals surface area contributed by atoms with E-state index in [9.17, 15) is 24.0 Å². The molecule has 22 nitrogen and oxygen atoms in total. The van der Waals surface area contributed by atoms with Crippen LogP contribution in [-0.4, -0.2) is 201 Å². The molecule has 6 aromatic carbocycles. The summed E-state index contributed by atoms with van der Waals surface area (Å²) in [6.45, 7) is 28.4. The SMILES string of the molecule is CC(C)=CN(C)c1ccc(CN2CCOCC2)cc1.CNc1ccc(CN2CCOCC2)cc1.Cc1cn(C)c2ccc(CN3CCOCC3)cc2c1=O.Cn1cc(C(=O)NCc2ccc(Cl)cc2)c(=O)c2cc(CN3CCOCC3)ccc21.Cn1cc(C(=O)O)c(=O)c2cc(CN3CCOCC3)ccc21. The second kappa shape index (κ2) is 39.6. The van der Waals surface area contributed by atoms with Crippen LogP contribution in [-0.2, 0) is 84.1 Å². The van der Waals surface area contributed by atoms with Crippen LogP contribution in [0.4, 0.5) is 11.4 Å². The smallest absolute Gasteiger partial charge is 0.341 e. The molecule has 564 valence electrons. The Kier molecular flexibility index (Phi) is 29.8. The van der Waals surface area contributed by atoms with Crippen molar-refractivity contribution >= 4 is 67.6 Å². The van der Waals surface area contributed by atoms with Gasteiger partial charge in [0.15, 0.2) is 5.43 Å². The van der Waals surface area contributed by atoms with E-state index in [1.165, 1.54) is 39.8 Å². The van der Waals surface area contributed by atoms with Crippen LogP contribution in [0.2, 0.25) is 5.02 Å². The highest BCUT2D eigenvalue weighted by molar-refractivity contribution is 6.30. The van der Waals surface area contributed by atoms with Crippen molar-refractivity contribution in [2.24, 2.45) is 21.1 Å². The van der Waals surface area contributed by atoms with Crippen molar-refractivity contribution in [3.63, 3.8) is 0 Å². The fraction of sp³-hybridized carbons (Fsp3) is 0.410. The molecule has 3 aromatic heterocycles. The maximum atomic E-state index is 13.1. The number of carboxylic acid groups (broad SMARTS) is 1. The molecule has 0 atom stereocenters. The van der Waals surface area contributed by atoms with E-state index >= 15 is 0 Å². The molecule has 1 amide bonds. The summed E-state index contributed by atoms with van der Waals surface area (Å²) in [5.74, 6) is -1.58. The molecule has 0 radical (unpaired) electrons. The second-order valence-electron chi connectivity index (χ2n) is 27.8. The van der Waals surface area contributed by atoms with E-state index in [1.807, 2.05) is 98.0 Å². The molecule has 5 aliphatic heterocycles. The van der Waals surface area contributed by atoms with Gasteiger partial charge in [-0.05, 0) is 127 Å². The highest BCUT2D eigenvalue weighted by Crippen LogP contribution is 2.22. The molecule has 9 aromatic rings. The molecule has 23 heteroatoms. The number of fused-ring (bicyclic) bond motifs is 3. The molecular weight excluding hydrogens is 1360 g/mol. The second-order valence-corrected chi connectivity index (χ2v) is 28.2. The number of nitrogens with one attached hydrogen (secondary N) is 2. The van der Waals surface area contributed by atoms with Crippen molar-refractivity contribution in [2.45, 2.75) is 60.0 Å². The van der Waals surface area contributed by atoms with Crippen LogP contribution < -0.4 is 31.8 Å². The number of morpholine rings is 5. The number of amides is 1. The number of aromatic nitrogens is 3. The van der Waals surface area contributed by atoms with Crippen LogP contribution in [0.1, 0.15) is 73.5 Å². The predicted octanol–water partition coefficient (Wildman–Crippen LogP) is 10.1. The summed E-state index contributed by atoms with van der Waals surface area (Å²) in [4.78, 5) is 75.6. The summed E-state index contributed by atoms with van der Waals surface area (Å²) in [5, 5.41) is 17.6. The Labute approximate surface area is 626 Å². The van der Waals surface area contributed by atoms with Crippen LogP contribution in [0.15, 0.2) is 172 Å². The highest BCUT2D eigenvalue weighted by Gasteiger charge is 2.20. The van der Waals surface area contributed by atoms with E-state index in [0.29, 0.717) is 22.3 Å². The van der Waals surface area contributed by atoms with Gasteiger partial charge in [0.2, 0.25) is 10.9 Å². The van der Waals surface area contributed by atoms with E-state index in [1.54, 1.807) is 36.0 Å². The number of aryl methyl sites for hydroxylation is 4. The van der Waals surface area contributed by atoms with E-state index < -0.39 is 11.4 Å². The number of nitrogens with zero attached hydrogens (tertiary/aromatic N) is 9. The zero-order valence-electron chi connectivity index (χ0n) is 62.8. The number of carbonyl (C=O) groups excluding carboxylic acids is 1. The molecule has 0 bridgehead atoms. The summed E-state index contributed by atoms with van der Waals surface area (Å²) in [7, 11) is 9.60. The third-order valence-electron chi connectivity index (χ3n) is 19.4. The molecule has 0 aliphatic carbocycles. The van der Waals surface area contributed by atoms with Gasteiger partial charge in [-0.2, -0.15) is 0 Å². The van der Waals surface area contributed by atoms with Crippen molar-refractivity contribution in [2.75, 3.05) is 156 Å². The minimum atomic E-state index is -1.19. The molecule has 14 rings (SSSR count). The van der Waals surface area contributed by atoms with Crippen molar-refractivity contribution in [1.82, 2.24) is 43.5 Å². The molecule has 106 heavy (non-hydrogen) atoms. The molecule has 0 saturated carbocycles. The number of carbonyl (C=O) groups is 2. The maximum absolute atomic E-state index is 13.1. The number of anilines is 2. The summed E-state index contributed by atoms with van der Waals surface area (Å²) >= 11 is 5.90. The van der Waals surface area contributed by atoms with Crippen LogP contribution in [0.5, 0.6) is 0 Å². The number of rotatable bonds is 17. The Bertz CT molecular complexity index is 4590.